The van der Waals surface area contributed by atoms with Crippen LogP contribution in [0.5, 0.6) is 0 Å². The molecule has 0 aliphatic heterocycles. The van der Waals surface area contributed by atoms with E-state index in [1.807, 2.05) is 0 Å². The van der Waals surface area contributed by atoms with Gasteiger partial charge in [-0.1, -0.05) is 28.1 Å². The normalized spacial score (nSPS) is 11.8. The molecule has 9 heteroatoms. The van der Waals surface area contributed by atoms with E-state index < -0.39 is 10.0 Å². The van der Waals surface area contributed by atoms with Gasteiger partial charge >= 0.3 is 0 Å². The third-order valence-corrected chi connectivity index (χ3v) is 4.63. The maximum atomic E-state index is 11.7. The smallest absolute Gasteiger partial charge is 0.252 e. The third kappa shape index (κ3) is 2.59. The van der Waals surface area contributed by atoms with Gasteiger partial charge in [0.25, 0.3) is 10.0 Å². The summed E-state index contributed by atoms with van der Waals surface area (Å²) >= 11 is 6.45. The minimum absolute atomic E-state index is 0.0638. The van der Waals surface area contributed by atoms with E-state index in [0.29, 0.717) is 5.69 Å². The fourth-order valence-electron chi connectivity index (χ4n) is 0.932. The first-order chi connectivity index (χ1) is 7.58. The maximum Gasteiger partial charge on any atom is 0.252 e. The van der Waals surface area contributed by atoms with Crippen molar-refractivity contribution in [3.05, 3.63) is 28.7 Å². The first-order valence-corrected chi connectivity index (χ1v) is 6.76. The van der Waals surface area contributed by atoms with Crippen LogP contribution in [-0.4, -0.2) is 18.6 Å². The van der Waals surface area contributed by atoms with E-state index in [1.54, 1.807) is 6.07 Å². The van der Waals surface area contributed by atoms with Crippen LogP contribution >= 0.6 is 22.9 Å². The Balaban J connectivity index is 2.09. The van der Waals surface area contributed by atoms with E-state index >= 15 is 0 Å². The molecule has 0 aliphatic carbocycles. The number of rotatable bonds is 4. The van der Waals surface area contributed by atoms with Gasteiger partial charge in [-0.15, -0.1) is 0 Å². The summed E-state index contributed by atoms with van der Waals surface area (Å²) < 4.78 is 30.5. The Morgan fingerprint density at radius 2 is 2.38 bits per heavy atom. The molecule has 0 aliphatic rings. The highest BCUT2D eigenvalue weighted by Gasteiger charge is 2.17. The topological polar surface area (TPSA) is 85.1 Å². The van der Waals surface area contributed by atoms with E-state index in [2.05, 4.69) is 19.4 Å². The van der Waals surface area contributed by atoms with E-state index in [0.717, 1.165) is 11.3 Å². The van der Waals surface area contributed by atoms with Crippen molar-refractivity contribution in [3.8, 4) is 0 Å². The van der Waals surface area contributed by atoms with Crippen molar-refractivity contribution < 1.29 is 12.9 Å². The molecule has 16 heavy (non-hydrogen) atoms. The largest absolute Gasteiger partial charge is 0.364 e. The summed E-state index contributed by atoms with van der Waals surface area (Å²) in [6.45, 7) is 0.0638. The number of aromatic nitrogens is 2. The standard InChI is InChI=1S/C7H6ClN3O3S2/c8-7-9-4-6(15-7)16(12,13)10-3-5-1-2-14-11-5/h1-2,4,10H,3H2. The molecule has 86 valence electrons. The molecule has 6 nitrogen and oxygen atoms in total. The van der Waals surface area contributed by atoms with E-state index in [1.165, 1.54) is 12.5 Å². The van der Waals surface area contributed by atoms with Crippen LogP contribution in [0, 0.1) is 0 Å². The number of nitrogens with one attached hydrogen (secondary N) is 1. The summed E-state index contributed by atoms with van der Waals surface area (Å²) in [7, 11) is -3.58. The van der Waals surface area contributed by atoms with Gasteiger partial charge in [-0.3, -0.25) is 0 Å². The minimum atomic E-state index is -3.58. The highest BCUT2D eigenvalue weighted by Crippen LogP contribution is 2.22. The van der Waals surface area contributed by atoms with Crippen molar-refractivity contribution in [2.75, 3.05) is 0 Å². The summed E-state index contributed by atoms with van der Waals surface area (Å²) in [5.41, 5.74) is 0.499. The van der Waals surface area contributed by atoms with Gasteiger partial charge in [-0.25, -0.2) is 18.1 Å². The molecule has 2 aromatic heterocycles. The number of sulfonamides is 1. The van der Waals surface area contributed by atoms with Crippen LogP contribution < -0.4 is 4.72 Å². The van der Waals surface area contributed by atoms with Gasteiger partial charge in [0.1, 0.15) is 6.26 Å². The van der Waals surface area contributed by atoms with Crippen LogP contribution in [0.3, 0.4) is 0 Å². The Morgan fingerprint density at radius 1 is 1.56 bits per heavy atom. The summed E-state index contributed by atoms with van der Waals surface area (Å²) in [5.74, 6) is 0. The SMILES string of the molecule is O=S(=O)(NCc1ccon1)c1cnc(Cl)s1. The Kier molecular flexibility index (Phi) is 3.24. The second-order valence-electron chi connectivity index (χ2n) is 2.75. The van der Waals surface area contributed by atoms with Crippen LogP contribution in [-0.2, 0) is 16.6 Å². The quantitative estimate of drug-likeness (QED) is 0.911. The number of thiazole rings is 1. The molecule has 0 saturated carbocycles. The summed E-state index contributed by atoms with van der Waals surface area (Å²) in [6, 6.07) is 1.57. The first-order valence-electron chi connectivity index (χ1n) is 4.08. The third-order valence-electron chi connectivity index (χ3n) is 1.66. The number of hydrogen-bond acceptors (Lipinski definition) is 6. The van der Waals surface area contributed by atoms with Crippen molar-refractivity contribution in [2.45, 2.75) is 10.8 Å². The lowest BCUT2D eigenvalue weighted by atomic mass is 10.5. The fraction of sp³-hybridized carbons (Fsp3) is 0.143. The second-order valence-corrected chi connectivity index (χ2v) is 6.35. The van der Waals surface area contributed by atoms with Crippen LogP contribution in [0.4, 0.5) is 0 Å². The van der Waals surface area contributed by atoms with Crippen molar-refractivity contribution in [3.63, 3.8) is 0 Å². The Labute approximate surface area is 100 Å². The van der Waals surface area contributed by atoms with Gasteiger partial charge in [0.15, 0.2) is 8.68 Å². The predicted octanol–water partition coefficient (Wildman–Crippen LogP) is 1.26. The molecule has 1 N–H and O–H groups in total. The predicted molar refractivity (Wildman–Crippen MR) is 57.7 cm³/mol. The molecule has 0 aromatic carbocycles. The van der Waals surface area contributed by atoms with Gasteiger partial charge in [0.2, 0.25) is 0 Å². The summed E-state index contributed by atoms with van der Waals surface area (Å²) in [5, 5.41) is 3.58. The molecule has 0 atom stereocenters. The molecule has 2 heterocycles. The van der Waals surface area contributed by atoms with Crippen molar-refractivity contribution >= 4 is 33.0 Å². The highest BCUT2D eigenvalue weighted by atomic mass is 35.5. The molecule has 0 radical (unpaired) electrons. The number of nitrogens with zero attached hydrogens (tertiary/aromatic N) is 2. The Hall–Kier alpha value is -0.960. The lowest BCUT2D eigenvalue weighted by molar-refractivity contribution is 0.411. The van der Waals surface area contributed by atoms with Gasteiger partial charge in [-0.2, -0.15) is 0 Å². The van der Waals surface area contributed by atoms with E-state index in [9.17, 15) is 8.42 Å². The average molecular weight is 280 g/mol. The van der Waals surface area contributed by atoms with Crippen LogP contribution in [0.1, 0.15) is 5.69 Å². The van der Waals surface area contributed by atoms with Gasteiger partial charge in [-0.05, 0) is 0 Å². The zero-order valence-corrected chi connectivity index (χ0v) is 10.1. The number of halogens is 1. The molecule has 0 spiro atoms. The molecule has 0 unspecified atom stereocenters. The highest BCUT2D eigenvalue weighted by molar-refractivity contribution is 7.91. The van der Waals surface area contributed by atoms with Crippen LogP contribution in [0.2, 0.25) is 4.47 Å². The molecular weight excluding hydrogens is 274 g/mol. The second kappa shape index (κ2) is 4.50. The molecule has 0 saturated heterocycles. The minimum Gasteiger partial charge on any atom is -0.364 e. The lowest BCUT2D eigenvalue weighted by Gasteiger charge is -2.00. The first kappa shape index (κ1) is 11.5. The lowest BCUT2D eigenvalue weighted by Crippen LogP contribution is -2.22. The molecule has 0 bridgehead atoms. The monoisotopic (exact) mass is 279 g/mol. The number of hydrogen-bond donors (Lipinski definition) is 1. The molecule has 0 fully saturated rings. The van der Waals surface area contributed by atoms with Gasteiger partial charge in [0, 0.05) is 6.07 Å². The Bertz CT molecular complexity index is 563. The van der Waals surface area contributed by atoms with E-state index in [-0.39, 0.29) is 15.2 Å². The summed E-state index contributed by atoms with van der Waals surface area (Å²) in [6.07, 6.45) is 2.57. The molecule has 2 aromatic rings. The van der Waals surface area contributed by atoms with Crippen molar-refractivity contribution in [1.82, 2.24) is 14.9 Å². The average Bonchev–Trinajstić information content (AvgIpc) is 2.85. The van der Waals surface area contributed by atoms with Crippen LogP contribution in [0.25, 0.3) is 0 Å². The summed E-state index contributed by atoms with van der Waals surface area (Å²) in [4.78, 5) is 3.66. The molecule has 0 amide bonds. The van der Waals surface area contributed by atoms with Crippen molar-refractivity contribution in [2.24, 2.45) is 0 Å². The van der Waals surface area contributed by atoms with Gasteiger partial charge < -0.3 is 4.52 Å². The van der Waals surface area contributed by atoms with Crippen LogP contribution in [0.15, 0.2) is 27.3 Å². The molecule has 2 rings (SSSR count). The van der Waals surface area contributed by atoms with Crippen molar-refractivity contribution in [1.29, 1.82) is 0 Å². The zero-order chi connectivity index (χ0) is 11.6. The van der Waals surface area contributed by atoms with E-state index in [4.69, 9.17) is 11.6 Å². The zero-order valence-electron chi connectivity index (χ0n) is 7.75. The maximum absolute atomic E-state index is 11.7. The van der Waals surface area contributed by atoms with Gasteiger partial charge in [0.05, 0.1) is 18.4 Å². The fourth-order valence-corrected chi connectivity index (χ4v) is 3.27. The Morgan fingerprint density at radius 3 is 2.94 bits per heavy atom. The molecular formula is C7H6ClN3O3S2.